The van der Waals surface area contributed by atoms with Crippen molar-refractivity contribution in [2.24, 2.45) is 0 Å². The van der Waals surface area contributed by atoms with Crippen LogP contribution in [0.15, 0.2) is 78.9 Å². The van der Waals surface area contributed by atoms with Gasteiger partial charge in [-0.2, -0.15) is 0 Å². The molecule has 1 aliphatic heterocycles. The zero-order valence-electron chi connectivity index (χ0n) is 19.6. The molecule has 1 amide bonds. The summed E-state index contributed by atoms with van der Waals surface area (Å²) in [5, 5.41) is 9.27. The number of carbonyl (C=O) groups excluding carboxylic acids is 1. The molecular weight excluding hydrogens is 426 g/mol. The Bertz CT molecular complexity index is 1130. The molecule has 176 valence electrons. The second-order valence-corrected chi connectivity index (χ2v) is 9.28. The molecule has 0 spiro atoms. The molecule has 0 saturated carbocycles. The average molecular weight is 458 g/mol. The summed E-state index contributed by atoms with van der Waals surface area (Å²) in [4.78, 5) is 25.6. The van der Waals surface area contributed by atoms with Gasteiger partial charge in [0.15, 0.2) is 0 Å². The van der Waals surface area contributed by atoms with Crippen molar-refractivity contribution >= 4 is 11.9 Å². The number of ether oxygens (including phenoxy) is 1. The van der Waals surface area contributed by atoms with Crippen molar-refractivity contribution in [1.82, 2.24) is 4.90 Å². The molecule has 0 bridgehead atoms. The fourth-order valence-electron chi connectivity index (χ4n) is 4.63. The van der Waals surface area contributed by atoms with Crippen molar-refractivity contribution in [2.45, 2.75) is 44.6 Å². The number of carboxylic acids is 1. The van der Waals surface area contributed by atoms with E-state index < -0.39 is 5.97 Å². The number of nitrogens with zero attached hydrogens (tertiary/aromatic N) is 1. The van der Waals surface area contributed by atoms with Gasteiger partial charge in [-0.05, 0) is 48.1 Å². The number of fused-ring (bicyclic) bond motifs is 1. The molecule has 0 unspecified atom stereocenters. The molecule has 3 aromatic rings. The summed E-state index contributed by atoms with van der Waals surface area (Å²) in [6.45, 7) is 2.26. The highest BCUT2D eigenvalue weighted by Crippen LogP contribution is 2.37. The third-order valence-electron chi connectivity index (χ3n) is 6.29. The predicted octanol–water partition coefficient (Wildman–Crippen LogP) is 4.71. The fourth-order valence-corrected chi connectivity index (χ4v) is 4.63. The summed E-state index contributed by atoms with van der Waals surface area (Å²) < 4.78 is 6.29. The zero-order chi connectivity index (χ0) is 24.0. The van der Waals surface area contributed by atoms with Crippen LogP contribution in [0.4, 0.5) is 0 Å². The van der Waals surface area contributed by atoms with Crippen LogP contribution in [0.3, 0.4) is 0 Å². The number of aryl methyl sites for hydroxylation is 1. The standard InChI is InChI=1S/C29H31NO4/c1-29(19-24-10-6-3-7-11-24)20-25-18-23(12-14-26(25)34-29)13-15-27(31)30(21-28(32)33)17-16-22-8-4-2-5-9-22/h2-12,14,18H,13,15-17,19-21H2,1H3,(H,32,33)/t29-/m0/s1. The van der Waals surface area contributed by atoms with Gasteiger partial charge >= 0.3 is 5.97 Å². The number of hydrogen-bond donors (Lipinski definition) is 1. The van der Waals surface area contributed by atoms with Gasteiger partial charge in [-0.1, -0.05) is 72.8 Å². The van der Waals surface area contributed by atoms with Gasteiger partial charge < -0.3 is 14.7 Å². The number of carbonyl (C=O) groups is 2. The first-order valence-corrected chi connectivity index (χ1v) is 11.8. The topological polar surface area (TPSA) is 66.8 Å². The Hall–Kier alpha value is -3.60. The van der Waals surface area contributed by atoms with Gasteiger partial charge in [0.2, 0.25) is 5.91 Å². The van der Waals surface area contributed by atoms with E-state index in [-0.39, 0.29) is 24.5 Å². The van der Waals surface area contributed by atoms with Crippen molar-refractivity contribution in [3.8, 4) is 5.75 Å². The maximum atomic E-state index is 12.9. The average Bonchev–Trinajstić information content (AvgIpc) is 3.16. The monoisotopic (exact) mass is 457 g/mol. The lowest BCUT2D eigenvalue weighted by molar-refractivity contribution is -0.144. The molecule has 1 N–H and O–H groups in total. The van der Waals surface area contributed by atoms with Gasteiger partial charge in [-0.25, -0.2) is 0 Å². The van der Waals surface area contributed by atoms with Gasteiger partial charge in [0.1, 0.15) is 17.9 Å². The Kier molecular flexibility index (Phi) is 7.31. The summed E-state index contributed by atoms with van der Waals surface area (Å²) in [6.07, 6.45) is 3.14. The van der Waals surface area contributed by atoms with Crippen LogP contribution in [-0.4, -0.2) is 40.6 Å². The molecular formula is C29H31NO4. The Labute approximate surface area is 201 Å². The number of carboxylic acid groups (broad SMARTS) is 1. The number of benzene rings is 3. The van der Waals surface area contributed by atoms with Crippen LogP contribution in [0.5, 0.6) is 5.75 Å². The second kappa shape index (κ2) is 10.6. The smallest absolute Gasteiger partial charge is 0.323 e. The number of rotatable bonds is 10. The van der Waals surface area contributed by atoms with Crippen LogP contribution in [-0.2, 0) is 35.3 Å². The van der Waals surface area contributed by atoms with Crippen LogP contribution in [0.2, 0.25) is 0 Å². The van der Waals surface area contributed by atoms with E-state index in [1.54, 1.807) is 0 Å². The summed E-state index contributed by atoms with van der Waals surface area (Å²) in [5.74, 6) is -0.221. The highest BCUT2D eigenvalue weighted by molar-refractivity contribution is 5.81. The lowest BCUT2D eigenvalue weighted by Gasteiger charge is -2.24. The van der Waals surface area contributed by atoms with Crippen molar-refractivity contribution in [3.63, 3.8) is 0 Å². The number of aliphatic carboxylic acids is 1. The Morgan fingerprint density at radius 3 is 2.26 bits per heavy atom. The molecule has 0 aliphatic carbocycles. The fraction of sp³-hybridized carbons (Fsp3) is 0.310. The zero-order valence-corrected chi connectivity index (χ0v) is 19.6. The summed E-state index contributed by atoms with van der Waals surface area (Å²) in [6, 6.07) is 26.3. The largest absolute Gasteiger partial charge is 0.487 e. The minimum absolute atomic E-state index is 0.135. The molecule has 5 nitrogen and oxygen atoms in total. The molecule has 0 aromatic heterocycles. The van der Waals surface area contributed by atoms with Gasteiger partial charge in [-0.3, -0.25) is 9.59 Å². The second-order valence-electron chi connectivity index (χ2n) is 9.28. The molecule has 1 atom stereocenters. The minimum atomic E-state index is -0.992. The van der Waals surface area contributed by atoms with Crippen LogP contribution < -0.4 is 4.74 Å². The lowest BCUT2D eigenvalue weighted by atomic mass is 9.91. The van der Waals surface area contributed by atoms with Crippen LogP contribution >= 0.6 is 0 Å². The lowest BCUT2D eigenvalue weighted by Crippen LogP contribution is -2.37. The highest BCUT2D eigenvalue weighted by Gasteiger charge is 2.35. The van der Waals surface area contributed by atoms with Crippen molar-refractivity contribution in [2.75, 3.05) is 13.1 Å². The van der Waals surface area contributed by atoms with Crippen LogP contribution in [0, 0.1) is 0 Å². The minimum Gasteiger partial charge on any atom is -0.487 e. The first-order chi connectivity index (χ1) is 16.4. The molecule has 0 fully saturated rings. The summed E-state index contributed by atoms with van der Waals surface area (Å²) >= 11 is 0. The molecule has 5 heteroatoms. The molecule has 3 aromatic carbocycles. The Balaban J connectivity index is 1.35. The van der Waals surface area contributed by atoms with Gasteiger partial charge in [0.05, 0.1) is 0 Å². The SMILES string of the molecule is C[C@]1(Cc2ccccc2)Cc2cc(CCC(=O)N(CCc3ccccc3)CC(=O)O)ccc2O1. The molecule has 0 radical (unpaired) electrons. The van der Waals surface area contributed by atoms with Crippen LogP contribution in [0.25, 0.3) is 0 Å². The quantitative estimate of drug-likeness (QED) is 0.479. The van der Waals surface area contributed by atoms with Gasteiger partial charge in [0, 0.05) is 25.8 Å². The van der Waals surface area contributed by atoms with Crippen molar-refractivity contribution in [1.29, 1.82) is 0 Å². The number of hydrogen-bond acceptors (Lipinski definition) is 3. The maximum absolute atomic E-state index is 12.9. The Morgan fingerprint density at radius 2 is 1.59 bits per heavy atom. The van der Waals surface area contributed by atoms with E-state index in [1.807, 2.05) is 60.7 Å². The normalized spacial score (nSPS) is 16.5. The van der Waals surface area contributed by atoms with Crippen molar-refractivity contribution < 1.29 is 19.4 Å². The van der Waals surface area contributed by atoms with E-state index in [1.165, 1.54) is 10.5 Å². The molecule has 4 rings (SSSR count). The molecule has 1 heterocycles. The first kappa shape index (κ1) is 23.6. The highest BCUT2D eigenvalue weighted by atomic mass is 16.5. The van der Waals surface area contributed by atoms with E-state index in [0.717, 1.165) is 35.3 Å². The maximum Gasteiger partial charge on any atom is 0.323 e. The molecule has 34 heavy (non-hydrogen) atoms. The van der Waals surface area contributed by atoms with E-state index in [0.29, 0.717) is 19.4 Å². The van der Waals surface area contributed by atoms with E-state index in [9.17, 15) is 14.7 Å². The van der Waals surface area contributed by atoms with E-state index in [2.05, 4.69) is 25.1 Å². The predicted molar refractivity (Wildman–Crippen MR) is 132 cm³/mol. The third-order valence-corrected chi connectivity index (χ3v) is 6.29. The molecule has 0 saturated heterocycles. The van der Waals surface area contributed by atoms with Gasteiger partial charge in [-0.15, -0.1) is 0 Å². The van der Waals surface area contributed by atoms with E-state index >= 15 is 0 Å². The summed E-state index contributed by atoms with van der Waals surface area (Å²) in [7, 11) is 0. The van der Waals surface area contributed by atoms with E-state index in [4.69, 9.17) is 4.74 Å². The van der Waals surface area contributed by atoms with Gasteiger partial charge in [0.25, 0.3) is 0 Å². The first-order valence-electron chi connectivity index (χ1n) is 11.8. The van der Waals surface area contributed by atoms with Crippen molar-refractivity contribution in [3.05, 3.63) is 101 Å². The molecule has 1 aliphatic rings. The van der Waals surface area contributed by atoms with Crippen LogP contribution in [0.1, 0.15) is 35.6 Å². The third kappa shape index (κ3) is 6.25. The number of amides is 1. The summed E-state index contributed by atoms with van der Waals surface area (Å²) in [5.41, 5.74) is 4.28. The Morgan fingerprint density at radius 1 is 0.912 bits per heavy atom.